The molecule has 0 bridgehead atoms. The maximum Gasteiger partial charge on any atom is 0.269 e. The van der Waals surface area contributed by atoms with Crippen LogP contribution in [0.5, 0.6) is 0 Å². The lowest BCUT2D eigenvalue weighted by atomic mass is 10.1. The number of nitro benzene ring substituents is 1. The minimum Gasteiger partial charge on any atom is -0.366 e. The van der Waals surface area contributed by atoms with Crippen LogP contribution in [0.4, 0.5) is 17.1 Å². The molecule has 3 rings (SSSR count). The van der Waals surface area contributed by atoms with E-state index in [1.54, 1.807) is 0 Å². The van der Waals surface area contributed by atoms with E-state index >= 15 is 0 Å². The van der Waals surface area contributed by atoms with Gasteiger partial charge < -0.3 is 15.1 Å². The van der Waals surface area contributed by atoms with Gasteiger partial charge in [0, 0.05) is 49.8 Å². The molecule has 152 valence electrons. The number of non-ortho nitro benzene ring substituents is 1. The first-order valence-electron chi connectivity index (χ1n) is 9.55. The van der Waals surface area contributed by atoms with Crippen molar-refractivity contribution >= 4 is 28.9 Å². The van der Waals surface area contributed by atoms with Gasteiger partial charge in [0.05, 0.1) is 16.3 Å². The molecule has 2 aromatic carbocycles. The molecule has 29 heavy (non-hydrogen) atoms. The summed E-state index contributed by atoms with van der Waals surface area (Å²) in [7, 11) is 0. The molecule has 1 aliphatic rings. The predicted octanol–water partition coefficient (Wildman–Crippen LogP) is 3.15. The standard InChI is InChI=1S/C21H24N4O4/c1-15(2)21(27)24-13-11-23(12-14-24)19-6-4-3-5-18(19)22-20(26)16-7-9-17(10-8-16)25(28)29/h3-10,15H,11-14H2,1-2H3,(H,22,26). The van der Waals surface area contributed by atoms with Crippen LogP contribution in [0.15, 0.2) is 48.5 Å². The van der Waals surface area contributed by atoms with Crippen molar-refractivity contribution in [1.29, 1.82) is 0 Å². The van der Waals surface area contributed by atoms with Crippen LogP contribution >= 0.6 is 0 Å². The molecule has 1 heterocycles. The normalized spacial score (nSPS) is 14.0. The largest absolute Gasteiger partial charge is 0.366 e. The summed E-state index contributed by atoms with van der Waals surface area (Å²) in [4.78, 5) is 39.1. The summed E-state index contributed by atoms with van der Waals surface area (Å²) in [6, 6.07) is 13.0. The highest BCUT2D eigenvalue weighted by Gasteiger charge is 2.24. The second-order valence-electron chi connectivity index (χ2n) is 7.24. The Morgan fingerprint density at radius 2 is 1.62 bits per heavy atom. The maximum absolute atomic E-state index is 12.6. The lowest BCUT2D eigenvalue weighted by Crippen LogP contribution is -2.50. The summed E-state index contributed by atoms with van der Waals surface area (Å²) in [5, 5.41) is 13.7. The number of hydrogen-bond donors (Lipinski definition) is 1. The number of nitrogens with one attached hydrogen (secondary N) is 1. The first-order valence-corrected chi connectivity index (χ1v) is 9.55. The minimum atomic E-state index is -0.499. The van der Waals surface area contributed by atoms with Gasteiger partial charge in [-0.1, -0.05) is 26.0 Å². The fourth-order valence-corrected chi connectivity index (χ4v) is 3.32. The summed E-state index contributed by atoms with van der Waals surface area (Å²) in [5.74, 6) is -0.194. The topological polar surface area (TPSA) is 95.8 Å². The number of hydrogen-bond acceptors (Lipinski definition) is 5. The molecular formula is C21H24N4O4. The van der Waals surface area contributed by atoms with Crippen LogP contribution in [0.25, 0.3) is 0 Å². The number of nitro groups is 1. The van der Waals surface area contributed by atoms with E-state index in [1.807, 2.05) is 43.0 Å². The molecule has 0 unspecified atom stereocenters. The zero-order valence-electron chi connectivity index (χ0n) is 16.5. The maximum atomic E-state index is 12.6. The lowest BCUT2D eigenvalue weighted by Gasteiger charge is -2.37. The molecule has 0 radical (unpaired) electrons. The summed E-state index contributed by atoms with van der Waals surface area (Å²) in [5.41, 5.74) is 1.84. The number of para-hydroxylation sites is 2. The van der Waals surface area contributed by atoms with Crippen molar-refractivity contribution in [2.45, 2.75) is 13.8 Å². The van der Waals surface area contributed by atoms with E-state index in [0.29, 0.717) is 37.4 Å². The summed E-state index contributed by atoms with van der Waals surface area (Å²) in [6.07, 6.45) is 0. The molecule has 0 aliphatic carbocycles. The van der Waals surface area contributed by atoms with Gasteiger partial charge in [0.2, 0.25) is 5.91 Å². The van der Waals surface area contributed by atoms with Gasteiger partial charge in [0.1, 0.15) is 0 Å². The highest BCUT2D eigenvalue weighted by molar-refractivity contribution is 6.06. The molecular weight excluding hydrogens is 372 g/mol. The van der Waals surface area contributed by atoms with Crippen LogP contribution in [0.1, 0.15) is 24.2 Å². The number of carbonyl (C=O) groups excluding carboxylic acids is 2. The zero-order valence-corrected chi connectivity index (χ0v) is 16.5. The number of amides is 2. The first-order chi connectivity index (χ1) is 13.9. The van der Waals surface area contributed by atoms with Crippen LogP contribution in [-0.2, 0) is 4.79 Å². The smallest absolute Gasteiger partial charge is 0.269 e. The van der Waals surface area contributed by atoms with Crippen molar-refractivity contribution in [3.63, 3.8) is 0 Å². The third-order valence-electron chi connectivity index (χ3n) is 4.92. The average Bonchev–Trinajstić information content (AvgIpc) is 2.73. The summed E-state index contributed by atoms with van der Waals surface area (Å²) < 4.78 is 0. The van der Waals surface area contributed by atoms with Crippen LogP contribution in [-0.4, -0.2) is 47.8 Å². The Bertz CT molecular complexity index is 903. The molecule has 8 heteroatoms. The SMILES string of the molecule is CC(C)C(=O)N1CCN(c2ccccc2NC(=O)c2ccc([N+](=O)[O-])cc2)CC1. The number of piperazine rings is 1. The highest BCUT2D eigenvalue weighted by atomic mass is 16.6. The molecule has 2 aromatic rings. The van der Waals surface area contributed by atoms with Crippen molar-refractivity contribution in [2.24, 2.45) is 5.92 Å². The number of nitrogens with zero attached hydrogens (tertiary/aromatic N) is 3. The van der Waals surface area contributed by atoms with Crippen molar-refractivity contribution in [3.8, 4) is 0 Å². The van der Waals surface area contributed by atoms with Crippen LogP contribution < -0.4 is 10.2 Å². The molecule has 0 spiro atoms. The fourth-order valence-electron chi connectivity index (χ4n) is 3.32. The summed E-state index contributed by atoms with van der Waals surface area (Å²) >= 11 is 0. The Labute approximate surface area is 169 Å². The average molecular weight is 396 g/mol. The van der Waals surface area contributed by atoms with E-state index in [-0.39, 0.29) is 23.4 Å². The molecule has 1 N–H and O–H groups in total. The van der Waals surface area contributed by atoms with Crippen LogP contribution in [0.2, 0.25) is 0 Å². The van der Waals surface area contributed by atoms with Crippen molar-refractivity contribution in [1.82, 2.24) is 4.90 Å². The molecule has 2 amide bonds. The fraction of sp³-hybridized carbons (Fsp3) is 0.333. The van der Waals surface area contributed by atoms with Gasteiger partial charge in [-0.15, -0.1) is 0 Å². The second kappa shape index (κ2) is 8.72. The third-order valence-corrected chi connectivity index (χ3v) is 4.92. The van der Waals surface area contributed by atoms with Crippen molar-refractivity contribution in [2.75, 3.05) is 36.4 Å². The number of carbonyl (C=O) groups is 2. The second-order valence-corrected chi connectivity index (χ2v) is 7.24. The number of anilines is 2. The Morgan fingerprint density at radius 1 is 1.00 bits per heavy atom. The highest BCUT2D eigenvalue weighted by Crippen LogP contribution is 2.27. The molecule has 1 aliphatic heterocycles. The van der Waals surface area contributed by atoms with Crippen LogP contribution in [0, 0.1) is 16.0 Å². The Balaban J connectivity index is 1.70. The Hall–Kier alpha value is -3.42. The van der Waals surface area contributed by atoms with Gasteiger partial charge >= 0.3 is 0 Å². The quantitative estimate of drug-likeness (QED) is 0.619. The van der Waals surface area contributed by atoms with E-state index in [1.165, 1.54) is 24.3 Å². The van der Waals surface area contributed by atoms with E-state index < -0.39 is 4.92 Å². The molecule has 1 fully saturated rings. The zero-order chi connectivity index (χ0) is 21.0. The lowest BCUT2D eigenvalue weighted by molar-refractivity contribution is -0.384. The first kappa shape index (κ1) is 20.3. The van der Waals surface area contributed by atoms with E-state index in [0.717, 1.165) is 5.69 Å². The Kier molecular flexibility index (Phi) is 6.11. The van der Waals surface area contributed by atoms with E-state index in [2.05, 4.69) is 10.2 Å². The molecule has 0 atom stereocenters. The van der Waals surface area contributed by atoms with Gasteiger partial charge in [0.15, 0.2) is 0 Å². The molecule has 1 saturated heterocycles. The van der Waals surface area contributed by atoms with Gasteiger partial charge in [-0.25, -0.2) is 0 Å². The van der Waals surface area contributed by atoms with Crippen molar-refractivity contribution in [3.05, 3.63) is 64.2 Å². The predicted molar refractivity (Wildman–Crippen MR) is 111 cm³/mol. The van der Waals surface area contributed by atoms with Gasteiger partial charge in [-0.05, 0) is 24.3 Å². The van der Waals surface area contributed by atoms with Crippen molar-refractivity contribution < 1.29 is 14.5 Å². The van der Waals surface area contributed by atoms with Gasteiger partial charge in [-0.3, -0.25) is 19.7 Å². The monoisotopic (exact) mass is 396 g/mol. The molecule has 0 aromatic heterocycles. The minimum absolute atomic E-state index is 0.0187. The molecule has 0 saturated carbocycles. The summed E-state index contributed by atoms with van der Waals surface area (Å²) in [6.45, 7) is 6.45. The molecule has 8 nitrogen and oxygen atoms in total. The third kappa shape index (κ3) is 4.71. The number of benzene rings is 2. The van der Waals surface area contributed by atoms with E-state index in [9.17, 15) is 19.7 Å². The van der Waals surface area contributed by atoms with E-state index in [4.69, 9.17) is 0 Å². The van der Waals surface area contributed by atoms with Gasteiger partial charge in [0.25, 0.3) is 11.6 Å². The van der Waals surface area contributed by atoms with Gasteiger partial charge in [-0.2, -0.15) is 0 Å². The number of rotatable bonds is 5. The Morgan fingerprint density at radius 3 is 2.21 bits per heavy atom. The van der Waals surface area contributed by atoms with Crippen LogP contribution in [0.3, 0.4) is 0 Å².